The van der Waals surface area contributed by atoms with Crippen molar-refractivity contribution in [3.63, 3.8) is 0 Å². The maximum absolute atomic E-state index is 13.4. The minimum atomic E-state index is -1.03. The van der Waals surface area contributed by atoms with Crippen molar-refractivity contribution in [2.45, 2.75) is 62.7 Å². The Morgan fingerprint density at radius 2 is 1.96 bits per heavy atom. The van der Waals surface area contributed by atoms with E-state index in [0.717, 1.165) is 4.46 Å². The summed E-state index contributed by atoms with van der Waals surface area (Å²) >= 11 is -0.331. The Hall–Kier alpha value is -1.62. The number of benzene rings is 1. The Balaban J connectivity index is 2.04. The van der Waals surface area contributed by atoms with Crippen LogP contribution in [0.3, 0.4) is 0 Å². The van der Waals surface area contributed by atoms with Crippen LogP contribution in [0.2, 0.25) is 0 Å². The van der Waals surface area contributed by atoms with Crippen molar-refractivity contribution in [3.05, 3.63) is 42.5 Å². The van der Waals surface area contributed by atoms with Crippen molar-refractivity contribution in [1.82, 2.24) is 4.90 Å². The fourth-order valence-corrected chi connectivity index (χ4v) is 6.48. The SMILES string of the molecule is C[C@@H](O)[C@H]1C(=O)N2[C@@H]1CC=CCC2([Se]c1ccccc1)C(=O)OC(C)(C)C. The molecule has 1 N–H and O–H groups in total. The zero-order chi connectivity index (χ0) is 19.8. The van der Waals surface area contributed by atoms with E-state index in [1.165, 1.54) is 0 Å². The van der Waals surface area contributed by atoms with E-state index < -0.39 is 22.1 Å². The molecule has 0 radical (unpaired) electrons. The van der Waals surface area contributed by atoms with E-state index in [0.29, 0.717) is 12.8 Å². The molecule has 1 fully saturated rings. The molecule has 0 bridgehead atoms. The summed E-state index contributed by atoms with van der Waals surface area (Å²) in [6.45, 7) is 7.17. The van der Waals surface area contributed by atoms with Gasteiger partial charge < -0.3 is 0 Å². The molecule has 1 amide bonds. The average Bonchev–Trinajstić information content (AvgIpc) is 2.71. The van der Waals surface area contributed by atoms with Crippen LogP contribution in [0.15, 0.2) is 42.5 Å². The summed E-state index contributed by atoms with van der Waals surface area (Å²) in [5, 5.41) is 10.1. The average molecular weight is 436 g/mol. The third-order valence-corrected chi connectivity index (χ3v) is 7.75. The van der Waals surface area contributed by atoms with Gasteiger partial charge in [-0.05, 0) is 0 Å². The van der Waals surface area contributed by atoms with Crippen LogP contribution in [0.1, 0.15) is 40.5 Å². The third-order valence-electron chi connectivity index (χ3n) is 4.86. The molecule has 3 rings (SSSR count). The van der Waals surface area contributed by atoms with Crippen molar-refractivity contribution in [2.75, 3.05) is 0 Å². The van der Waals surface area contributed by atoms with Crippen LogP contribution in [0.4, 0.5) is 0 Å². The number of hydrogen-bond acceptors (Lipinski definition) is 4. The quantitative estimate of drug-likeness (QED) is 0.337. The molecule has 0 spiro atoms. The first-order valence-corrected chi connectivity index (χ1v) is 11.0. The molecule has 2 aliphatic rings. The Bertz CT molecular complexity index is 740. The first-order chi connectivity index (χ1) is 12.7. The monoisotopic (exact) mass is 437 g/mol. The second-order valence-electron chi connectivity index (χ2n) is 8.15. The normalized spacial score (nSPS) is 28.8. The molecule has 0 aliphatic carbocycles. The molecule has 1 aromatic rings. The van der Waals surface area contributed by atoms with Gasteiger partial charge in [0.1, 0.15) is 0 Å². The Kier molecular flexibility index (Phi) is 5.53. The maximum atomic E-state index is 13.4. The van der Waals surface area contributed by atoms with Gasteiger partial charge in [0.2, 0.25) is 0 Å². The van der Waals surface area contributed by atoms with Crippen LogP contribution in [0.5, 0.6) is 0 Å². The third kappa shape index (κ3) is 3.84. The van der Waals surface area contributed by atoms with E-state index >= 15 is 0 Å². The van der Waals surface area contributed by atoms with Gasteiger partial charge in [-0.15, -0.1) is 0 Å². The zero-order valence-corrected chi connectivity index (χ0v) is 17.9. The van der Waals surface area contributed by atoms with Gasteiger partial charge in [-0.1, -0.05) is 0 Å². The van der Waals surface area contributed by atoms with E-state index in [-0.39, 0.29) is 32.9 Å². The van der Waals surface area contributed by atoms with E-state index in [9.17, 15) is 14.7 Å². The molecule has 1 unspecified atom stereocenters. The second-order valence-corrected chi connectivity index (χ2v) is 11.0. The van der Waals surface area contributed by atoms with Crippen LogP contribution < -0.4 is 4.46 Å². The first-order valence-electron chi connectivity index (χ1n) is 9.29. The molecular formula is C21H27NO4Se. The van der Waals surface area contributed by atoms with Crippen LogP contribution in [-0.4, -0.2) is 59.0 Å². The topological polar surface area (TPSA) is 66.8 Å². The molecule has 27 heavy (non-hydrogen) atoms. The van der Waals surface area contributed by atoms with Crippen LogP contribution in [0.25, 0.3) is 0 Å². The molecule has 146 valence electrons. The summed E-state index contributed by atoms with van der Waals surface area (Å²) in [4.78, 5) is 28.1. The number of ether oxygens (including phenoxy) is 1. The van der Waals surface area contributed by atoms with Crippen molar-refractivity contribution < 1.29 is 19.4 Å². The number of carbonyl (C=O) groups is 2. The number of esters is 1. The van der Waals surface area contributed by atoms with Gasteiger partial charge in [-0.2, -0.15) is 0 Å². The van der Waals surface area contributed by atoms with Gasteiger partial charge in [0.25, 0.3) is 0 Å². The molecule has 1 saturated heterocycles. The van der Waals surface area contributed by atoms with Gasteiger partial charge in [-0.25, -0.2) is 0 Å². The number of aliphatic hydroxyl groups is 1. The van der Waals surface area contributed by atoms with Gasteiger partial charge in [0.15, 0.2) is 0 Å². The van der Waals surface area contributed by atoms with Crippen LogP contribution in [0, 0.1) is 5.92 Å². The number of rotatable bonds is 4. The molecule has 1 aromatic carbocycles. The Morgan fingerprint density at radius 3 is 2.56 bits per heavy atom. The Labute approximate surface area is 166 Å². The van der Waals surface area contributed by atoms with Crippen LogP contribution >= 0.6 is 0 Å². The molecule has 6 heteroatoms. The number of hydrogen-bond donors (Lipinski definition) is 1. The van der Waals surface area contributed by atoms with E-state index in [4.69, 9.17) is 4.74 Å². The summed E-state index contributed by atoms with van der Waals surface area (Å²) in [6.07, 6.45) is 4.36. The first kappa shape index (κ1) is 20.1. The van der Waals surface area contributed by atoms with Crippen molar-refractivity contribution in [2.24, 2.45) is 5.92 Å². The molecule has 4 atom stereocenters. The molecule has 2 aliphatic heterocycles. The molecule has 5 nitrogen and oxygen atoms in total. The molecule has 0 saturated carbocycles. The fourth-order valence-electron chi connectivity index (χ4n) is 3.73. The van der Waals surface area contributed by atoms with Crippen molar-refractivity contribution in [1.29, 1.82) is 0 Å². The predicted molar refractivity (Wildman–Crippen MR) is 105 cm³/mol. The molecule has 0 aromatic heterocycles. The van der Waals surface area contributed by atoms with Crippen molar-refractivity contribution in [3.8, 4) is 0 Å². The number of fused-ring (bicyclic) bond motifs is 1. The van der Waals surface area contributed by atoms with Gasteiger partial charge in [0.05, 0.1) is 0 Å². The summed E-state index contributed by atoms with van der Waals surface area (Å²) in [5.74, 6) is -0.962. The van der Waals surface area contributed by atoms with Crippen LogP contribution in [-0.2, 0) is 14.3 Å². The van der Waals surface area contributed by atoms with E-state index in [2.05, 4.69) is 0 Å². The summed E-state index contributed by atoms with van der Waals surface area (Å²) < 4.78 is 5.81. The van der Waals surface area contributed by atoms with E-state index in [1.54, 1.807) is 11.8 Å². The Morgan fingerprint density at radius 1 is 1.30 bits per heavy atom. The van der Waals surface area contributed by atoms with Gasteiger partial charge >= 0.3 is 167 Å². The zero-order valence-electron chi connectivity index (χ0n) is 16.2. The summed E-state index contributed by atoms with van der Waals surface area (Å²) in [6, 6.07) is 9.64. The summed E-state index contributed by atoms with van der Waals surface area (Å²) in [7, 11) is 0. The number of carbonyl (C=O) groups excluding carboxylic acids is 2. The second kappa shape index (κ2) is 7.42. The van der Waals surface area contributed by atoms with E-state index in [1.807, 2.05) is 63.3 Å². The number of amides is 1. The molecular weight excluding hydrogens is 409 g/mol. The number of nitrogens with zero attached hydrogens (tertiary/aromatic N) is 1. The number of β-lactam (4-membered cyclic amide) rings is 1. The van der Waals surface area contributed by atoms with Gasteiger partial charge in [-0.3, -0.25) is 0 Å². The standard InChI is InChI=1S/C21H27NO4Se/c1-14(23)17-16-12-8-9-13-21(22(16)18(17)24,19(25)26-20(2,3)4)27-15-10-6-5-7-11-15/h5-11,14,16-17,23H,12-13H2,1-4H3/t14-,16-,17-,21?/m1/s1. The minimum absolute atomic E-state index is 0.151. The number of aliphatic hydroxyl groups excluding tert-OH is 1. The van der Waals surface area contributed by atoms with Gasteiger partial charge in [0, 0.05) is 0 Å². The van der Waals surface area contributed by atoms with Crippen molar-refractivity contribution >= 4 is 31.3 Å². The summed E-state index contributed by atoms with van der Waals surface area (Å²) in [5.41, 5.74) is -0.639. The fraction of sp³-hybridized carbons (Fsp3) is 0.524. The molecule has 2 heterocycles. The predicted octanol–water partition coefficient (Wildman–Crippen LogP) is 1.61.